The molecule has 0 bridgehead atoms. The van der Waals surface area contributed by atoms with E-state index in [1.54, 1.807) is 0 Å². The van der Waals surface area contributed by atoms with Crippen LogP contribution in [0.4, 0.5) is 0 Å². The molecule has 0 saturated carbocycles. The van der Waals surface area contributed by atoms with Gasteiger partial charge in [-0.3, -0.25) is 0 Å². The third kappa shape index (κ3) is 8.43. The number of allylic oxidation sites excluding steroid dienone is 2. The van der Waals surface area contributed by atoms with Crippen molar-refractivity contribution in [3.63, 3.8) is 0 Å². The van der Waals surface area contributed by atoms with Crippen molar-refractivity contribution in [1.82, 2.24) is 0 Å². The van der Waals surface area contributed by atoms with Crippen molar-refractivity contribution in [1.29, 1.82) is 0 Å². The maximum absolute atomic E-state index is 13.4. The zero-order valence-corrected chi connectivity index (χ0v) is 29.8. The summed E-state index contributed by atoms with van der Waals surface area (Å²) in [6.07, 6.45) is 4.60. The molecule has 4 rings (SSSR count). The predicted octanol–water partition coefficient (Wildman–Crippen LogP) is 8.95. The predicted molar refractivity (Wildman–Crippen MR) is 179 cm³/mol. The third-order valence-electron chi connectivity index (χ3n) is 6.76. The topological polar surface area (TPSA) is 34.1 Å². The first-order valence-electron chi connectivity index (χ1n) is 14.1. The fourth-order valence-electron chi connectivity index (χ4n) is 4.25. The van der Waals surface area contributed by atoms with E-state index in [1.165, 1.54) is 7.24 Å². The molecule has 0 aliphatic rings. The van der Waals surface area contributed by atoms with E-state index in [4.69, 9.17) is 0 Å². The second kappa shape index (κ2) is 14.2. The van der Waals surface area contributed by atoms with Crippen molar-refractivity contribution in [3.8, 4) is 0 Å². The summed E-state index contributed by atoms with van der Waals surface area (Å²) < 4.78 is 2.93. The van der Waals surface area contributed by atoms with Crippen LogP contribution in [0.1, 0.15) is 84.5 Å². The Hall–Kier alpha value is -2.72. The van der Waals surface area contributed by atoms with Gasteiger partial charge in [-0.2, -0.15) is 0 Å². The Labute approximate surface area is 267 Å². The molecular formula is C38H38O2Te2. The van der Waals surface area contributed by atoms with E-state index in [0.29, 0.717) is 11.1 Å². The zero-order valence-electron chi connectivity index (χ0n) is 25.2. The summed E-state index contributed by atoms with van der Waals surface area (Å²) in [7, 11) is 0. The van der Waals surface area contributed by atoms with Crippen molar-refractivity contribution in [2.75, 3.05) is 0 Å². The zero-order chi connectivity index (χ0) is 30.3. The maximum atomic E-state index is 13.4. The molecule has 0 unspecified atom stereocenters. The number of hydrogen-bond donors (Lipinski definition) is 0. The fraction of sp³-hybridized carbons (Fsp3) is 0.211. The van der Waals surface area contributed by atoms with Crippen molar-refractivity contribution in [3.05, 3.63) is 150 Å². The van der Waals surface area contributed by atoms with Gasteiger partial charge in [0.1, 0.15) is 0 Å². The first-order chi connectivity index (χ1) is 19.9. The van der Waals surface area contributed by atoms with Crippen LogP contribution in [0.5, 0.6) is 0 Å². The van der Waals surface area contributed by atoms with Crippen LogP contribution in [0, 0.1) is 10.8 Å². The Bertz CT molecular complexity index is 1480. The normalized spacial score (nSPS) is 12.7. The Morgan fingerprint density at radius 2 is 0.786 bits per heavy atom. The van der Waals surface area contributed by atoms with Crippen LogP contribution in [0.3, 0.4) is 0 Å². The number of carbonyl (C=O) groups is 2. The molecule has 4 aromatic rings. The number of benzene rings is 4. The van der Waals surface area contributed by atoms with Gasteiger partial charge in [0.25, 0.3) is 0 Å². The number of rotatable bonds is 9. The molecule has 0 amide bonds. The van der Waals surface area contributed by atoms with Crippen molar-refractivity contribution < 1.29 is 9.59 Å². The van der Waals surface area contributed by atoms with Gasteiger partial charge < -0.3 is 0 Å². The molecule has 0 spiro atoms. The van der Waals surface area contributed by atoms with E-state index >= 15 is 0 Å². The van der Waals surface area contributed by atoms with E-state index in [1.807, 2.05) is 97.1 Å². The quantitative estimate of drug-likeness (QED) is 0.126. The van der Waals surface area contributed by atoms with Crippen molar-refractivity contribution >= 4 is 57.8 Å². The van der Waals surface area contributed by atoms with Crippen LogP contribution < -0.4 is 0 Å². The van der Waals surface area contributed by atoms with Crippen LogP contribution in [0.15, 0.2) is 116 Å². The molecule has 42 heavy (non-hydrogen) atoms. The molecule has 0 saturated heterocycles. The minimum atomic E-state index is -0.523. The van der Waals surface area contributed by atoms with E-state index in [0.717, 1.165) is 22.3 Å². The molecule has 0 N–H and O–H groups in total. The molecule has 0 aromatic heterocycles. The average molecular weight is 782 g/mol. The molecular weight excluding hydrogens is 744 g/mol. The standard InChI is InChI=1S/C38H38O2Te2/c1-37(2,3)33(25-29-21-13-15-23-31(29)35(39)27-17-9-7-10-18-27)41-42-34(38(4,5)6)26-30-22-14-16-24-32(30)36(40)28-19-11-8-12-20-28/h7-26H,1-6H3/b33-25-,34-26-. The summed E-state index contributed by atoms with van der Waals surface area (Å²) in [5.74, 6) is 0.116. The first kappa shape index (κ1) is 32.2. The molecule has 4 aromatic carbocycles. The van der Waals surface area contributed by atoms with E-state index in [9.17, 15) is 9.59 Å². The summed E-state index contributed by atoms with van der Waals surface area (Å²) in [5, 5.41) is 0. The Kier molecular flexibility index (Phi) is 10.9. The van der Waals surface area contributed by atoms with Gasteiger partial charge in [-0.05, 0) is 0 Å². The van der Waals surface area contributed by atoms with Gasteiger partial charge in [0.05, 0.1) is 0 Å². The van der Waals surface area contributed by atoms with Gasteiger partial charge in [-0.15, -0.1) is 0 Å². The van der Waals surface area contributed by atoms with Gasteiger partial charge in [0, 0.05) is 0 Å². The number of hydrogen-bond acceptors (Lipinski definition) is 2. The summed E-state index contributed by atoms with van der Waals surface area (Å²) in [6.45, 7) is 13.7. The summed E-state index contributed by atoms with van der Waals surface area (Å²) in [6, 6.07) is 35.0. The molecule has 0 radical (unpaired) electrons. The summed E-state index contributed by atoms with van der Waals surface area (Å²) >= 11 is -1.05. The third-order valence-corrected chi connectivity index (χ3v) is 20.7. The Balaban J connectivity index is 1.69. The van der Waals surface area contributed by atoms with Crippen molar-refractivity contribution in [2.45, 2.75) is 41.5 Å². The van der Waals surface area contributed by atoms with Crippen LogP contribution in [-0.2, 0) is 0 Å². The molecule has 0 aliphatic heterocycles. The molecule has 2 nitrogen and oxygen atoms in total. The molecule has 0 fully saturated rings. The molecule has 4 heteroatoms. The molecule has 0 aliphatic carbocycles. The minimum absolute atomic E-state index is 0.0000821. The summed E-state index contributed by atoms with van der Waals surface area (Å²) in [4.78, 5) is 26.9. The van der Waals surface area contributed by atoms with Gasteiger partial charge in [-0.1, -0.05) is 0 Å². The van der Waals surface area contributed by atoms with Gasteiger partial charge >= 0.3 is 270 Å². The second-order valence-electron chi connectivity index (χ2n) is 12.2. The van der Waals surface area contributed by atoms with Crippen LogP contribution in [0.25, 0.3) is 12.2 Å². The van der Waals surface area contributed by atoms with E-state index < -0.39 is 34.1 Å². The monoisotopic (exact) mass is 786 g/mol. The van der Waals surface area contributed by atoms with Gasteiger partial charge in [0.2, 0.25) is 0 Å². The van der Waals surface area contributed by atoms with Gasteiger partial charge in [0.15, 0.2) is 0 Å². The molecule has 0 atom stereocenters. The first-order valence-corrected chi connectivity index (χ1v) is 23.8. The van der Waals surface area contributed by atoms with Gasteiger partial charge in [-0.25, -0.2) is 0 Å². The molecule has 0 heterocycles. The second-order valence-corrected chi connectivity index (χ2v) is 22.1. The van der Waals surface area contributed by atoms with Crippen LogP contribution in [0.2, 0.25) is 0 Å². The number of carbonyl (C=O) groups excluding carboxylic acids is 2. The fourth-order valence-corrected chi connectivity index (χ4v) is 22.0. The van der Waals surface area contributed by atoms with Crippen molar-refractivity contribution in [2.24, 2.45) is 10.8 Å². The van der Waals surface area contributed by atoms with E-state index in [2.05, 4.69) is 65.8 Å². The number of ketones is 2. The van der Waals surface area contributed by atoms with Crippen LogP contribution >= 0.6 is 0 Å². The Morgan fingerprint density at radius 1 is 0.476 bits per heavy atom. The average Bonchev–Trinajstić information content (AvgIpc) is 2.98. The Morgan fingerprint density at radius 3 is 1.12 bits per heavy atom. The summed E-state index contributed by atoms with van der Waals surface area (Å²) in [5.41, 5.74) is 4.91. The van der Waals surface area contributed by atoms with E-state index in [-0.39, 0.29) is 22.4 Å². The SMILES string of the molecule is CC(C)(C)/C(=C/c1ccccc1C(=O)c1ccccc1)[Te][Te]/C(=C\c1ccccc1C(=O)c1ccccc1)C(C)(C)C. The molecule has 214 valence electrons. The van der Waals surface area contributed by atoms with Crippen LogP contribution in [-0.4, -0.2) is 45.7 Å².